The second kappa shape index (κ2) is 25.7. The van der Waals surface area contributed by atoms with E-state index >= 15 is 0 Å². The van der Waals surface area contributed by atoms with Gasteiger partial charge in [-0.2, -0.15) is 0 Å². The normalized spacial score (nSPS) is 22.2. The summed E-state index contributed by atoms with van der Waals surface area (Å²) in [5.74, 6) is 0. The number of unbranched alkanes of at least 4 members (excludes halogenated alkanes) is 1. The predicted molar refractivity (Wildman–Crippen MR) is 248 cm³/mol. The summed E-state index contributed by atoms with van der Waals surface area (Å²) in [6.07, 6.45) is 25.3. The van der Waals surface area contributed by atoms with Crippen LogP contribution < -0.4 is 5.73 Å². The van der Waals surface area contributed by atoms with Gasteiger partial charge in [0.05, 0.1) is 11.2 Å². The number of carbonyl (C=O) groups excluding carboxylic acids is 1. The van der Waals surface area contributed by atoms with E-state index < -0.39 is 0 Å². The van der Waals surface area contributed by atoms with Crippen molar-refractivity contribution < 1.29 is 17.1 Å². The van der Waals surface area contributed by atoms with Gasteiger partial charge in [0.1, 0.15) is 6.29 Å². The molecule has 4 aliphatic rings. The third-order valence-corrected chi connectivity index (χ3v) is 12.5. The fourth-order valence-corrected chi connectivity index (χ4v) is 9.84. The molecule has 6 nitrogen and oxygen atoms in total. The molecule has 2 aliphatic heterocycles. The van der Waals surface area contributed by atoms with Crippen molar-refractivity contribution >= 4 is 6.29 Å². The van der Waals surface area contributed by atoms with Crippen LogP contribution in [0.3, 0.4) is 0 Å². The van der Waals surface area contributed by atoms with Crippen LogP contribution in [-0.4, -0.2) is 47.2 Å². The molecule has 2 aliphatic carbocycles. The first-order valence-corrected chi connectivity index (χ1v) is 22.4. The summed E-state index contributed by atoms with van der Waals surface area (Å²) in [7, 11) is 0. The van der Waals surface area contributed by atoms with Crippen molar-refractivity contribution in [2.45, 2.75) is 166 Å². The van der Waals surface area contributed by atoms with E-state index in [0.717, 1.165) is 57.3 Å². The van der Waals surface area contributed by atoms with Crippen LogP contribution in [0.5, 0.6) is 0 Å². The molecule has 2 spiro atoms. The zero-order valence-electron chi connectivity index (χ0n) is 35.8. The Morgan fingerprint density at radius 1 is 0.603 bits per heavy atom. The lowest BCUT2D eigenvalue weighted by atomic mass is 9.67. The summed E-state index contributed by atoms with van der Waals surface area (Å²) in [6.45, 7) is 10.5. The first-order valence-electron chi connectivity index (χ1n) is 22.4. The van der Waals surface area contributed by atoms with Crippen molar-refractivity contribution in [1.82, 2.24) is 9.97 Å². The highest BCUT2D eigenvalue weighted by molar-refractivity contribution is 5.74. The number of nitrogens with two attached hydrogens (primary N) is 1. The fraction of sp³-hybridized carbons (Fsp3) is 0.558. The number of hydrogen-bond donors (Lipinski definition) is 1. The Morgan fingerprint density at radius 3 is 1.47 bits per heavy atom. The van der Waals surface area contributed by atoms with Crippen LogP contribution in [0.4, 0.5) is 0 Å². The van der Waals surface area contributed by atoms with Gasteiger partial charge in [-0.05, 0) is 113 Å². The van der Waals surface area contributed by atoms with Gasteiger partial charge in [-0.15, -0.1) is 0 Å². The van der Waals surface area contributed by atoms with Crippen molar-refractivity contribution in [3.63, 3.8) is 0 Å². The lowest BCUT2D eigenvalue weighted by Gasteiger charge is -2.46. The van der Waals surface area contributed by atoms with Gasteiger partial charge in [-0.3, -0.25) is 14.8 Å². The maximum atomic E-state index is 10.0. The summed E-state index contributed by atoms with van der Waals surface area (Å²) in [4.78, 5) is 19.5. The van der Waals surface area contributed by atoms with Crippen LogP contribution in [0.1, 0.15) is 168 Å². The minimum Gasteiger partial charge on any atom is -0.375 e. The lowest BCUT2D eigenvalue weighted by Crippen LogP contribution is -2.47. The van der Waals surface area contributed by atoms with E-state index in [0.29, 0.717) is 0 Å². The van der Waals surface area contributed by atoms with Crippen molar-refractivity contribution in [2.24, 2.45) is 5.73 Å². The standard InChI is InChI=1S/C24H31NO.C16H24N2O.C7H6O.2C2H6.CH4.2H2/c1-2-10-21(11-3-1)12-4-6-14-23(22-13-5-9-18-25-22)17-19-26-24(20-23)15-7-8-16-24;17-10-8-15(14-5-1-4-11-18-14)9-12-19-16(13-15)6-2-3-7-16;8-6-7-4-2-1-3-5-7;2*1-2;;;/h1-3,5,9-11,13,18H,4,6-8,12,14-17,19-20H2;1,4-5,11H,2-3,6-10,12-13,17H2;1-6H;2*1-2H3;1H4;2*1H/t23-;15-;;;;;;/m11....../s1. The SMILES string of the molecule is C.CC.CC.NCC[C@@]1(c2ccccn2)CCOC2(CCCC2)C1.O=Cc1ccccc1.[HH].[HH].c1ccc(CCCC[C@@]2(c3ccccn3)CCOC3(CCCC3)C2)cc1. The molecule has 2 N–H and O–H groups in total. The van der Waals surface area contributed by atoms with Gasteiger partial charge in [-0.25, -0.2) is 0 Å². The Labute approximate surface area is 356 Å². The van der Waals surface area contributed by atoms with Crippen LogP contribution in [0.2, 0.25) is 0 Å². The number of nitrogens with zero attached hydrogens (tertiary/aromatic N) is 2. The number of aldehydes is 1. The van der Waals surface area contributed by atoms with E-state index in [1.165, 1.54) is 100 Å². The number of hydrogen-bond acceptors (Lipinski definition) is 6. The smallest absolute Gasteiger partial charge is 0.150 e. The first-order chi connectivity index (χ1) is 28.0. The number of carbonyl (C=O) groups is 1. The predicted octanol–water partition coefficient (Wildman–Crippen LogP) is 13.3. The average Bonchev–Trinajstić information content (AvgIpc) is 3.94. The summed E-state index contributed by atoms with van der Waals surface area (Å²) < 4.78 is 12.5. The van der Waals surface area contributed by atoms with E-state index in [2.05, 4.69) is 59.6 Å². The highest BCUT2D eigenvalue weighted by atomic mass is 16.5. The molecule has 2 aromatic heterocycles. The topological polar surface area (TPSA) is 87.3 Å². The van der Waals surface area contributed by atoms with E-state index in [4.69, 9.17) is 20.2 Å². The van der Waals surface area contributed by atoms with Gasteiger partial charge < -0.3 is 15.2 Å². The molecule has 0 radical (unpaired) electrons. The zero-order valence-corrected chi connectivity index (χ0v) is 35.8. The molecular weight excluding hydrogens is 715 g/mol. The molecule has 2 saturated heterocycles. The molecule has 2 saturated carbocycles. The Bertz CT molecular complexity index is 1630. The molecule has 0 bridgehead atoms. The quantitative estimate of drug-likeness (QED) is 0.127. The lowest BCUT2D eigenvalue weighted by molar-refractivity contribution is -0.105. The monoisotopic (exact) mass is 796 g/mol. The Morgan fingerprint density at radius 2 is 1.05 bits per heavy atom. The van der Waals surface area contributed by atoms with Gasteiger partial charge >= 0.3 is 0 Å². The molecule has 4 aromatic rings. The molecule has 322 valence electrons. The second-order valence-corrected chi connectivity index (χ2v) is 16.1. The van der Waals surface area contributed by atoms with Crippen LogP contribution in [0.15, 0.2) is 109 Å². The number of aromatic nitrogens is 2. The van der Waals surface area contributed by atoms with E-state index in [9.17, 15) is 4.79 Å². The van der Waals surface area contributed by atoms with E-state index in [1.807, 2.05) is 70.4 Å². The van der Waals surface area contributed by atoms with Gasteiger partial charge in [-0.1, -0.05) is 140 Å². The van der Waals surface area contributed by atoms with Crippen molar-refractivity contribution in [3.05, 3.63) is 132 Å². The summed E-state index contributed by atoms with van der Waals surface area (Å²) in [5, 5.41) is 0. The van der Waals surface area contributed by atoms with Crippen molar-refractivity contribution in [3.8, 4) is 0 Å². The summed E-state index contributed by atoms with van der Waals surface area (Å²) >= 11 is 0. The molecule has 58 heavy (non-hydrogen) atoms. The Balaban J connectivity index is 0.000000466. The average molecular weight is 796 g/mol. The number of ether oxygens (including phenoxy) is 2. The fourth-order valence-electron chi connectivity index (χ4n) is 9.84. The molecule has 2 atom stereocenters. The van der Waals surface area contributed by atoms with Gasteiger partial charge in [0.15, 0.2) is 0 Å². The highest BCUT2D eigenvalue weighted by Gasteiger charge is 2.49. The number of benzene rings is 2. The summed E-state index contributed by atoms with van der Waals surface area (Å²) in [6, 6.07) is 32.7. The minimum absolute atomic E-state index is 0. The second-order valence-electron chi connectivity index (χ2n) is 16.1. The first kappa shape index (κ1) is 48.7. The minimum atomic E-state index is 0. The maximum absolute atomic E-state index is 10.0. The molecule has 2 aromatic carbocycles. The Kier molecular flexibility index (Phi) is 21.6. The largest absolute Gasteiger partial charge is 0.375 e. The van der Waals surface area contributed by atoms with E-state index in [1.54, 1.807) is 12.1 Å². The number of pyridine rings is 2. The highest BCUT2D eigenvalue weighted by Crippen LogP contribution is 2.51. The van der Waals surface area contributed by atoms with Crippen LogP contribution >= 0.6 is 0 Å². The third-order valence-electron chi connectivity index (χ3n) is 12.5. The number of aryl methyl sites for hydroxylation is 1. The number of rotatable bonds is 10. The maximum Gasteiger partial charge on any atom is 0.150 e. The van der Waals surface area contributed by atoms with Crippen molar-refractivity contribution in [2.75, 3.05) is 19.8 Å². The molecule has 8 rings (SSSR count). The molecule has 4 heterocycles. The molecule has 0 unspecified atom stereocenters. The Hall–Kier alpha value is -3.71. The molecule has 6 heteroatoms. The molecule has 0 amide bonds. The van der Waals surface area contributed by atoms with Gasteiger partial charge in [0.2, 0.25) is 0 Å². The van der Waals surface area contributed by atoms with Crippen LogP contribution in [0, 0.1) is 0 Å². The molecule has 4 fully saturated rings. The van der Waals surface area contributed by atoms with Gasteiger partial charge in [0, 0.05) is 56.2 Å². The third kappa shape index (κ3) is 13.7. The van der Waals surface area contributed by atoms with E-state index in [-0.39, 0.29) is 32.3 Å². The van der Waals surface area contributed by atoms with Crippen LogP contribution in [0.25, 0.3) is 0 Å². The molecular formula is C52H81N3O3. The zero-order chi connectivity index (χ0) is 40.7. The van der Waals surface area contributed by atoms with Gasteiger partial charge in [0.25, 0.3) is 0 Å². The van der Waals surface area contributed by atoms with Crippen molar-refractivity contribution in [1.29, 1.82) is 0 Å². The summed E-state index contributed by atoms with van der Waals surface area (Å²) in [5.41, 5.74) is 11.2. The van der Waals surface area contributed by atoms with Crippen LogP contribution in [-0.2, 0) is 26.7 Å².